The quantitative estimate of drug-likeness (QED) is 0.547. The van der Waals surface area contributed by atoms with E-state index in [0.717, 1.165) is 0 Å². The summed E-state index contributed by atoms with van der Waals surface area (Å²) in [5, 5.41) is 30.7. The molecule has 0 aromatic heterocycles. The average Bonchev–Trinajstić information content (AvgIpc) is 2.46. The summed E-state index contributed by atoms with van der Waals surface area (Å²) < 4.78 is 9.50. The van der Waals surface area contributed by atoms with Gasteiger partial charge in [-0.2, -0.15) is 0 Å². The fraction of sp³-hybridized carbons (Fsp3) is 0.400. The van der Waals surface area contributed by atoms with Gasteiger partial charge in [-0.1, -0.05) is 12.1 Å². The second-order valence-electron chi connectivity index (χ2n) is 4.74. The second-order valence-corrected chi connectivity index (χ2v) is 4.74. The number of carboxylic acid groups (broad SMARTS) is 3. The van der Waals surface area contributed by atoms with E-state index in [0.29, 0.717) is 5.75 Å². The highest BCUT2D eigenvalue weighted by Crippen LogP contribution is 2.17. The molecule has 8 nitrogen and oxygen atoms in total. The molecule has 0 heterocycles. The van der Waals surface area contributed by atoms with Crippen LogP contribution in [0.5, 0.6) is 5.75 Å². The van der Waals surface area contributed by atoms with Gasteiger partial charge in [0.1, 0.15) is 5.75 Å². The van der Waals surface area contributed by atoms with Crippen LogP contribution in [0, 0.1) is 0 Å². The lowest BCUT2D eigenvalue weighted by molar-refractivity contribution is -0.314. The van der Waals surface area contributed by atoms with Crippen LogP contribution < -0.4 is 20.1 Å². The summed E-state index contributed by atoms with van der Waals surface area (Å²) >= 11 is 0. The van der Waals surface area contributed by atoms with E-state index >= 15 is 0 Å². The number of methoxy groups -OCH3 is 2. The predicted octanol–water partition coefficient (Wildman–Crippen LogP) is -2.27. The van der Waals surface area contributed by atoms with E-state index in [1.807, 2.05) is 0 Å². The van der Waals surface area contributed by atoms with Crippen molar-refractivity contribution in [3.63, 3.8) is 0 Å². The van der Waals surface area contributed by atoms with Crippen molar-refractivity contribution in [1.82, 2.24) is 0 Å². The molecule has 0 bridgehead atoms. The molecule has 8 heteroatoms. The van der Waals surface area contributed by atoms with Crippen molar-refractivity contribution in [3.05, 3.63) is 29.8 Å². The highest BCUT2D eigenvalue weighted by molar-refractivity contribution is 5.89. The maximum absolute atomic E-state index is 10.4. The lowest BCUT2D eigenvalue weighted by atomic mass is 9.98. The molecule has 128 valence electrons. The lowest BCUT2D eigenvalue weighted by Crippen LogP contribution is -2.41. The third-order valence-corrected chi connectivity index (χ3v) is 2.86. The van der Waals surface area contributed by atoms with E-state index in [4.69, 9.17) is 9.47 Å². The number of hydrogen-bond acceptors (Lipinski definition) is 8. The van der Waals surface area contributed by atoms with E-state index < -0.39 is 36.4 Å². The number of carbonyl (C=O) groups excluding carboxylic acids is 3. The minimum Gasteiger partial charge on any atom is -0.550 e. The molecular formula is C15H17O8-3. The van der Waals surface area contributed by atoms with E-state index in [1.54, 1.807) is 18.2 Å². The van der Waals surface area contributed by atoms with Crippen LogP contribution in [0.2, 0.25) is 0 Å². The van der Waals surface area contributed by atoms with Gasteiger partial charge in [0.15, 0.2) is 0 Å². The van der Waals surface area contributed by atoms with Gasteiger partial charge in [0.2, 0.25) is 0 Å². The molecule has 0 aliphatic rings. The molecule has 1 aromatic carbocycles. The van der Waals surface area contributed by atoms with Crippen molar-refractivity contribution in [3.8, 4) is 5.75 Å². The van der Waals surface area contributed by atoms with Gasteiger partial charge in [-0.15, -0.1) is 0 Å². The van der Waals surface area contributed by atoms with Crippen molar-refractivity contribution in [1.29, 1.82) is 0 Å². The maximum Gasteiger partial charge on any atom is 0.127 e. The molecule has 0 amide bonds. The van der Waals surface area contributed by atoms with Crippen molar-refractivity contribution in [2.75, 3.05) is 14.2 Å². The van der Waals surface area contributed by atoms with Crippen LogP contribution >= 0.6 is 0 Å². The largest absolute Gasteiger partial charge is 0.550 e. The zero-order chi connectivity index (χ0) is 18.0. The van der Waals surface area contributed by atoms with Crippen molar-refractivity contribution in [2.24, 2.45) is 0 Å². The molecule has 0 aliphatic heterocycles. The van der Waals surface area contributed by atoms with E-state index in [1.165, 1.54) is 27.2 Å². The molecule has 0 unspecified atom stereocenters. The van der Waals surface area contributed by atoms with Gasteiger partial charge >= 0.3 is 0 Å². The van der Waals surface area contributed by atoms with Crippen LogP contribution in [0.1, 0.15) is 30.1 Å². The van der Waals surface area contributed by atoms with Crippen LogP contribution in [-0.4, -0.2) is 37.7 Å². The molecule has 1 rings (SSSR count). The Morgan fingerprint density at radius 1 is 1.00 bits per heavy atom. The predicted molar refractivity (Wildman–Crippen MR) is 72.0 cm³/mol. The topological polar surface area (TPSA) is 139 Å². The van der Waals surface area contributed by atoms with Crippen molar-refractivity contribution < 1.29 is 39.2 Å². The number of carboxylic acids is 3. The Balaban J connectivity index is 0.000000422. The highest BCUT2D eigenvalue weighted by Gasteiger charge is 2.23. The third-order valence-electron chi connectivity index (χ3n) is 2.86. The van der Waals surface area contributed by atoms with E-state index in [9.17, 15) is 29.7 Å². The lowest BCUT2D eigenvalue weighted by Gasteiger charge is -2.28. The Hall–Kier alpha value is -2.61. The smallest absolute Gasteiger partial charge is 0.127 e. The fourth-order valence-electron chi connectivity index (χ4n) is 1.63. The Kier molecular flexibility index (Phi) is 8.35. The summed E-state index contributed by atoms with van der Waals surface area (Å²) in [5.41, 5.74) is -1.16. The number of carbonyl (C=O) groups is 3. The van der Waals surface area contributed by atoms with Crippen LogP contribution in [0.3, 0.4) is 0 Å². The first-order chi connectivity index (χ1) is 10.6. The molecule has 0 radical (unpaired) electrons. The van der Waals surface area contributed by atoms with Crippen molar-refractivity contribution >= 4 is 17.9 Å². The van der Waals surface area contributed by atoms with Gasteiger partial charge in [-0.25, -0.2) is 0 Å². The zero-order valence-electron chi connectivity index (χ0n) is 13.0. The number of benzene rings is 1. The van der Waals surface area contributed by atoms with E-state index in [-0.39, 0.29) is 5.56 Å². The molecule has 0 atom stereocenters. The first-order valence-electron chi connectivity index (χ1n) is 6.44. The SMILES string of the molecule is COC(C)(CC(=O)[O-])CC(=O)[O-].COc1ccccc1C(=O)[O-]. The molecule has 0 saturated carbocycles. The molecular weight excluding hydrogens is 308 g/mol. The molecule has 23 heavy (non-hydrogen) atoms. The highest BCUT2D eigenvalue weighted by atomic mass is 16.5. The summed E-state index contributed by atoms with van der Waals surface area (Å²) in [7, 11) is 2.66. The average molecular weight is 325 g/mol. The minimum absolute atomic E-state index is 0.0787. The Bertz CT molecular complexity index is 536. The standard InChI is InChI=1S/C8H8O3.C7H12O5/c1-11-7-5-3-2-4-6(7)8(9)10;1-7(12-2,3-5(8)9)4-6(10)11/h2-5H,1H3,(H,9,10);3-4H2,1-2H3,(H,8,9)(H,10,11)/p-3. The summed E-state index contributed by atoms with van der Waals surface area (Å²) in [4.78, 5) is 30.7. The second kappa shape index (κ2) is 9.42. The molecule has 0 spiro atoms. The molecule has 0 N–H and O–H groups in total. The maximum atomic E-state index is 10.4. The van der Waals surface area contributed by atoms with Crippen LogP contribution in [0.25, 0.3) is 0 Å². The summed E-state index contributed by atoms with van der Waals surface area (Å²) in [6.07, 6.45) is -0.922. The van der Waals surface area contributed by atoms with Crippen molar-refractivity contribution in [2.45, 2.75) is 25.4 Å². The summed E-state index contributed by atoms with van der Waals surface area (Å²) in [6, 6.07) is 6.33. The molecule has 0 aliphatic carbocycles. The van der Waals surface area contributed by atoms with Gasteiger partial charge in [0, 0.05) is 37.5 Å². The summed E-state index contributed by atoms with van der Waals surface area (Å²) in [5.74, 6) is -3.59. The first-order valence-corrected chi connectivity index (χ1v) is 6.44. The monoisotopic (exact) mass is 325 g/mol. The number of hydrogen-bond donors (Lipinski definition) is 0. The number of rotatable bonds is 7. The summed E-state index contributed by atoms with van der Waals surface area (Å²) in [6.45, 7) is 1.37. The molecule has 1 aromatic rings. The van der Waals surface area contributed by atoms with Gasteiger partial charge in [-0.05, 0) is 19.1 Å². The minimum atomic E-state index is -1.35. The van der Waals surface area contributed by atoms with Crippen LogP contribution in [0.15, 0.2) is 24.3 Å². The van der Waals surface area contributed by atoms with Gasteiger partial charge in [0.05, 0.1) is 18.7 Å². The number of aromatic carboxylic acids is 1. The fourth-order valence-corrected chi connectivity index (χ4v) is 1.63. The first kappa shape index (κ1) is 20.4. The number of para-hydroxylation sites is 1. The Morgan fingerprint density at radius 2 is 1.48 bits per heavy atom. The van der Waals surface area contributed by atoms with Gasteiger partial charge in [0.25, 0.3) is 0 Å². The number of ether oxygens (including phenoxy) is 2. The number of aliphatic carboxylic acids is 2. The van der Waals surface area contributed by atoms with Gasteiger partial charge in [-0.3, -0.25) is 0 Å². The third kappa shape index (κ3) is 7.82. The van der Waals surface area contributed by atoms with Crippen LogP contribution in [-0.2, 0) is 14.3 Å². The zero-order valence-corrected chi connectivity index (χ0v) is 13.0. The van der Waals surface area contributed by atoms with Gasteiger partial charge < -0.3 is 39.2 Å². The van der Waals surface area contributed by atoms with E-state index in [2.05, 4.69) is 0 Å². The Morgan fingerprint density at radius 3 is 1.78 bits per heavy atom. The van der Waals surface area contributed by atoms with Crippen LogP contribution in [0.4, 0.5) is 0 Å². The molecule has 0 fully saturated rings. The molecule has 0 saturated heterocycles. The Labute approximate surface area is 133 Å². The normalized spacial score (nSPS) is 10.2.